The van der Waals surface area contributed by atoms with Gasteiger partial charge in [0.05, 0.1) is 18.6 Å². The summed E-state index contributed by atoms with van der Waals surface area (Å²) in [5.74, 6) is -0.387. The number of rotatable bonds is 6. The molecule has 1 saturated carbocycles. The lowest BCUT2D eigenvalue weighted by molar-refractivity contribution is -0.125. The van der Waals surface area contributed by atoms with E-state index < -0.39 is 12.2 Å². The van der Waals surface area contributed by atoms with Crippen LogP contribution in [0.25, 0.3) is 0 Å². The Morgan fingerprint density at radius 1 is 1.33 bits per heavy atom. The molecule has 0 radical (unpaired) electrons. The molecular formula is C20H31NO6. The summed E-state index contributed by atoms with van der Waals surface area (Å²) in [4.78, 5) is 23.5. The predicted molar refractivity (Wildman–Crippen MR) is 98.2 cm³/mol. The first-order chi connectivity index (χ1) is 12.8. The van der Waals surface area contributed by atoms with E-state index in [-0.39, 0.29) is 41.7 Å². The highest BCUT2D eigenvalue weighted by Gasteiger charge is 2.72. The molecule has 1 aliphatic carbocycles. The standard InChI is InChI=1S/C20H31NO6/c1-6-15(22)21-18(23)26-13-9-10-20(11-25-20)17(16(13)24-5)19(4)14(27-19)8-7-12(2)3/h7,13-14,16-17H,6,8-11H2,1-5H3,(H,21,22,23)/t13-,14-,16-,17-,19?,20+/m1/s1. The molecule has 0 aromatic heterocycles. The minimum Gasteiger partial charge on any atom is -0.443 e. The third-order valence-electron chi connectivity index (χ3n) is 6.06. The fourth-order valence-electron chi connectivity index (χ4n) is 4.44. The maximum atomic E-state index is 12.1. The molecule has 0 bridgehead atoms. The van der Waals surface area contributed by atoms with Crippen LogP contribution in [0.2, 0.25) is 0 Å². The van der Waals surface area contributed by atoms with Gasteiger partial charge in [-0.25, -0.2) is 4.79 Å². The van der Waals surface area contributed by atoms with Crippen LogP contribution in [0.15, 0.2) is 11.6 Å². The zero-order valence-electron chi connectivity index (χ0n) is 16.9. The smallest absolute Gasteiger partial charge is 0.414 e. The van der Waals surface area contributed by atoms with Crippen LogP contribution in [0, 0.1) is 5.92 Å². The van der Waals surface area contributed by atoms with Gasteiger partial charge in [-0.15, -0.1) is 0 Å². The monoisotopic (exact) mass is 381 g/mol. The van der Waals surface area contributed by atoms with E-state index in [4.69, 9.17) is 18.9 Å². The van der Waals surface area contributed by atoms with Crippen molar-refractivity contribution in [1.29, 1.82) is 0 Å². The summed E-state index contributed by atoms with van der Waals surface area (Å²) >= 11 is 0. The molecular weight excluding hydrogens is 350 g/mol. The van der Waals surface area contributed by atoms with Crippen molar-refractivity contribution in [3.63, 3.8) is 0 Å². The Morgan fingerprint density at radius 3 is 2.59 bits per heavy atom. The van der Waals surface area contributed by atoms with Crippen molar-refractivity contribution in [2.45, 2.75) is 82.9 Å². The molecule has 2 aliphatic heterocycles. The van der Waals surface area contributed by atoms with Gasteiger partial charge in [0.25, 0.3) is 0 Å². The molecule has 152 valence electrons. The molecule has 2 heterocycles. The number of carbonyl (C=O) groups excluding carboxylic acids is 2. The summed E-state index contributed by atoms with van der Waals surface area (Å²) in [5, 5.41) is 2.24. The Bertz CT molecular complexity index is 624. The zero-order chi connectivity index (χ0) is 19.8. The zero-order valence-corrected chi connectivity index (χ0v) is 16.9. The van der Waals surface area contributed by atoms with Gasteiger partial charge in [0.2, 0.25) is 5.91 Å². The van der Waals surface area contributed by atoms with Crippen molar-refractivity contribution in [2.75, 3.05) is 13.7 Å². The molecule has 3 aliphatic rings. The molecule has 27 heavy (non-hydrogen) atoms. The fourth-order valence-corrected chi connectivity index (χ4v) is 4.44. The molecule has 3 rings (SSSR count). The van der Waals surface area contributed by atoms with E-state index in [0.29, 0.717) is 13.0 Å². The average Bonchev–Trinajstić information content (AvgIpc) is 3.52. The summed E-state index contributed by atoms with van der Waals surface area (Å²) < 4.78 is 23.3. The number of epoxide rings is 2. The van der Waals surface area contributed by atoms with E-state index in [2.05, 4.69) is 32.2 Å². The fraction of sp³-hybridized carbons (Fsp3) is 0.800. The Labute approximate surface area is 160 Å². The van der Waals surface area contributed by atoms with Crippen molar-refractivity contribution in [2.24, 2.45) is 5.92 Å². The highest BCUT2D eigenvalue weighted by Crippen LogP contribution is 2.59. The average molecular weight is 381 g/mol. The van der Waals surface area contributed by atoms with Crippen LogP contribution in [-0.4, -0.2) is 55.2 Å². The van der Waals surface area contributed by atoms with Crippen molar-refractivity contribution in [1.82, 2.24) is 5.32 Å². The highest BCUT2D eigenvalue weighted by atomic mass is 16.6. The van der Waals surface area contributed by atoms with Gasteiger partial charge in [0, 0.05) is 13.5 Å². The van der Waals surface area contributed by atoms with Gasteiger partial charge in [0.1, 0.15) is 23.4 Å². The van der Waals surface area contributed by atoms with Crippen LogP contribution in [0.4, 0.5) is 4.79 Å². The molecule has 1 N–H and O–H groups in total. The van der Waals surface area contributed by atoms with Crippen molar-refractivity contribution in [3.8, 4) is 0 Å². The molecule has 2 saturated heterocycles. The van der Waals surface area contributed by atoms with Gasteiger partial charge in [-0.3, -0.25) is 10.1 Å². The third-order valence-corrected chi connectivity index (χ3v) is 6.06. The van der Waals surface area contributed by atoms with Gasteiger partial charge in [-0.05, 0) is 40.0 Å². The minimum absolute atomic E-state index is 0.0287. The van der Waals surface area contributed by atoms with E-state index in [1.807, 2.05) is 0 Å². The second kappa shape index (κ2) is 7.53. The second-order valence-electron chi connectivity index (χ2n) is 8.22. The maximum absolute atomic E-state index is 12.1. The number of ether oxygens (including phenoxy) is 4. The lowest BCUT2D eigenvalue weighted by Crippen LogP contribution is -2.56. The van der Waals surface area contributed by atoms with Crippen LogP contribution in [0.3, 0.4) is 0 Å². The molecule has 3 fully saturated rings. The maximum Gasteiger partial charge on any atom is 0.414 e. The van der Waals surface area contributed by atoms with Gasteiger partial charge in [-0.1, -0.05) is 18.6 Å². The summed E-state index contributed by atoms with van der Waals surface area (Å²) in [6.07, 6.45) is 3.27. The SMILES string of the molecule is CCC(=O)NC(=O)O[C@@H]1CC[C@]2(CO2)[C@@H](C2(C)O[C@@H]2CC=C(C)C)[C@@H]1OC. The van der Waals surface area contributed by atoms with Crippen LogP contribution < -0.4 is 5.32 Å². The Morgan fingerprint density at radius 2 is 2.04 bits per heavy atom. The number of amides is 2. The van der Waals surface area contributed by atoms with Gasteiger partial charge in [-0.2, -0.15) is 0 Å². The topological polar surface area (TPSA) is 89.7 Å². The van der Waals surface area contributed by atoms with E-state index in [9.17, 15) is 9.59 Å². The molecule has 1 spiro atoms. The molecule has 2 amide bonds. The summed E-state index contributed by atoms with van der Waals surface area (Å²) in [7, 11) is 1.63. The van der Waals surface area contributed by atoms with Crippen molar-refractivity contribution < 1.29 is 28.5 Å². The molecule has 1 unspecified atom stereocenters. The van der Waals surface area contributed by atoms with Crippen LogP contribution in [0.5, 0.6) is 0 Å². The summed E-state index contributed by atoms with van der Waals surface area (Å²) in [6.45, 7) is 8.61. The lowest BCUT2D eigenvalue weighted by atomic mass is 9.68. The molecule has 0 aromatic rings. The highest BCUT2D eigenvalue weighted by molar-refractivity contribution is 5.91. The quantitative estimate of drug-likeness (QED) is 0.562. The van der Waals surface area contributed by atoms with Crippen LogP contribution in [0.1, 0.15) is 53.4 Å². The van der Waals surface area contributed by atoms with Gasteiger partial charge >= 0.3 is 6.09 Å². The molecule has 7 nitrogen and oxygen atoms in total. The number of hydrogen-bond donors (Lipinski definition) is 1. The van der Waals surface area contributed by atoms with Crippen molar-refractivity contribution >= 4 is 12.0 Å². The van der Waals surface area contributed by atoms with E-state index in [1.54, 1.807) is 14.0 Å². The second-order valence-corrected chi connectivity index (χ2v) is 8.22. The van der Waals surface area contributed by atoms with Crippen molar-refractivity contribution in [3.05, 3.63) is 11.6 Å². The summed E-state index contributed by atoms with van der Waals surface area (Å²) in [6, 6.07) is 0. The normalized spacial score (nSPS) is 39.6. The Hall–Kier alpha value is -1.44. The number of nitrogens with one attached hydrogen (secondary N) is 1. The van der Waals surface area contributed by atoms with E-state index in [0.717, 1.165) is 12.8 Å². The third kappa shape index (κ3) is 4.05. The Balaban J connectivity index is 1.73. The number of allylic oxidation sites excluding steroid dienone is 1. The first-order valence-electron chi connectivity index (χ1n) is 9.74. The molecule has 0 aromatic carbocycles. The number of alkyl carbamates (subject to hydrolysis) is 1. The minimum atomic E-state index is -0.719. The van der Waals surface area contributed by atoms with Crippen LogP contribution >= 0.6 is 0 Å². The number of imide groups is 1. The largest absolute Gasteiger partial charge is 0.443 e. The first kappa shape index (κ1) is 20.3. The van der Waals surface area contributed by atoms with Gasteiger partial charge < -0.3 is 18.9 Å². The number of hydrogen-bond acceptors (Lipinski definition) is 6. The molecule has 7 heteroatoms. The number of carbonyl (C=O) groups is 2. The van der Waals surface area contributed by atoms with Gasteiger partial charge in [0.15, 0.2) is 0 Å². The lowest BCUT2D eigenvalue weighted by Gasteiger charge is -2.42. The van der Waals surface area contributed by atoms with E-state index >= 15 is 0 Å². The summed E-state index contributed by atoms with van der Waals surface area (Å²) in [5.41, 5.74) is 0.627. The van der Waals surface area contributed by atoms with Crippen LogP contribution in [-0.2, 0) is 23.7 Å². The molecule has 6 atom stereocenters. The predicted octanol–water partition coefficient (Wildman–Crippen LogP) is 2.73. The first-order valence-corrected chi connectivity index (χ1v) is 9.74. The number of methoxy groups -OCH3 is 1. The Kier molecular flexibility index (Phi) is 5.66. The van der Waals surface area contributed by atoms with E-state index in [1.165, 1.54) is 5.57 Å².